The summed E-state index contributed by atoms with van der Waals surface area (Å²) in [6, 6.07) is 10.0. The molecule has 0 radical (unpaired) electrons. The first kappa shape index (κ1) is 15.2. The molecule has 2 rings (SSSR count). The number of hydrogen-bond donors (Lipinski definition) is 1. The lowest BCUT2D eigenvalue weighted by Gasteiger charge is -2.19. The lowest BCUT2D eigenvalue weighted by atomic mass is 9.86. The predicted molar refractivity (Wildman–Crippen MR) is 84.8 cm³/mol. The summed E-state index contributed by atoms with van der Waals surface area (Å²) in [7, 11) is 0. The zero-order valence-electron chi connectivity index (χ0n) is 13.2. The van der Waals surface area contributed by atoms with Crippen LogP contribution in [0.2, 0.25) is 0 Å². The molecule has 0 unspecified atom stereocenters. The molecule has 0 atom stereocenters. The highest BCUT2D eigenvalue weighted by Crippen LogP contribution is 2.27. The number of carboxylic acid groups (broad SMARTS) is 1. The maximum absolute atomic E-state index is 11.1. The molecule has 0 aliphatic rings. The lowest BCUT2D eigenvalue weighted by molar-refractivity contribution is 0.0695. The van der Waals surface area contributed by atoms with Crippen molar-refractivity contribution >= 4 is 5.97 Å². The molecule has 1 aromatic heterocycles. The van der Waals surface area contributed by atoms with Crippen LogP contribution in [-0.2, 0) is 5.41 Å². The number of aromatic nitrogens is 1. The van der Waals surface area contributed by atoms with Gasteiger partial charge in [-0.25, -0.2) is 4.79 Å². The van der Waals surface area contributed by atoms with Crippen molar-refractivity contribution in [3.63, 3.8) is 0 Å². The smallest absolute Gasteiger partial charge is 0.337 e. The molecule has 0 spiro atoms. The monoisotopic (exact) mass is 283 g/mol. The Balaban J connectivity index is 2.48. The number of carbonyl (C=O) groups is 1. The third kappa shape index (κ3) is 3.13. The molecule has 1 heterocycles. The van der Waals surface area contributed by atoms with Gasteiger partial charge >= 0.3 is 5.97 Å². The maximum Gasteiger partial charge on any atom is 0.337 e. The summed E-state index contributed by atoms with van der Waals surface area (Å²) >= 11 is 0. The van der Waals surface area contributed by atoms with Crippen molar-refractivity contribution in [1.29, 1.82) is 0 Å². The maximum atomic E-state index is 11.1. The van der Waals surface area contributed by atoms with Crippen molar-refractivity contribution in [1.82, 2.24) is 4.98 Å². The summed E-state index contributed by atoms with van der Waals surface area (Å²) in [6.45, 7) is 10.2. The number of hydrogen-bond acceptors (Lipinski definition) is 2. The van der Waals surface area contributed by atoms with Gasteiger partial charge in [-0.15, -0.1) is 0 Å². The van der Waals surface area contributed by atoms with Crippen LogP contribution in [-0.4, -0.2) is 16.1 Å². The Morgan fingerprint density at radius 3 is 2.14 bits per heavy atom. The van der Waals surface area contributed by atoms with Crippen molar-refractivity contribution in [3.8, 4) is 11.3 Å². The largest absolute Gasteiger partial charge is 0.478 e. The summed E-state index contributed by atoms with van der Waals surface area (Å²) < 4.78 is 0. The van der Waals surface area contributed by atoms with E-state index in [0.717, 1.165) is 16.8 Å². The third-order valence-corrected chi connectivity index (χ3v) is 3.66. The minimum atomic E-state index is -0.933. The zero-order chi connectivity index (χ0) is 15.8. The Hall–Kier alpha value is -2.16. The molecule has 0 aliphatic carbocycles. The van der Waals surface area contributed by atoms with Gasteiger partial charge in [-0.3, -0.25) is 4.98 Å². The molecule has 2 aromatic rings. The van der Waals surface area contributed by atoms with Crippen molar-refractivity contribution in [2.45, 2.75) is 40.0 Å². The Labute approximate surface area is 125 Å². The molecular weight excluding hydrogens is 262 g/mol. The molecule has 110 valence electrons. The molecule has 0 aliphatic heterocycles. The fourth-order valence-electron chi connectivity index (χ4n) is 2.34. The van der Waals surface area contributed by atoms with E-state index in [4.69, 9.17) is 5.11 Å². The first-order valence-electron chi connectivity index (χ1n) is 7.02. The number of rotatable bonds is 2. The van der Waals surface area contributed by atoms with E-state index in [1.807, 2.05) is 6.92 Å². The number of benzene rings is 1. The van der Waals surface area contributed by atoms with Gasteiger partial charge in [-0.2, -0.15) is 0 Å². The predicted octanol–water partition coefficient (Wildman–Crippen LogP) is 4.36. The molecule has 3 heteroatoms. The SMILES string of the molecule is Cc1cc(C(=O)O)c(C)nc1-c1ccc(C(C)(C)C)cc1. The number of nitrogens with zero attached hydrogens (tertiary/aromatic N) is 1. The third-order valence-electron chi connectivity index (χ3n) is 3.66. The molecule has 0 saturated carbocycles. The first-order chi connectivity index (χ1) is 9.70. The highest BCUT2D eigenvalue weighted by atomic mass is 16.4. The molecule has 3 nitrogen and oxygen atoms in total. The molecule has 0 amide bonds. The summed E-state index contributed by atoms with van der Waals surface area (Å²) in [5.41, 5.74) is 4.93. The van der Waals surface area contributed by atoms with E-state index in [1.165, 1.54) is 5.56 Å². The van der Waals surface area contributed by atoms with Gasteiger partial charge in [0.15, 0.2) is 0 Å². The Morgan fingerprint density at radius 1 is 1.10 bits per heavy atom. The topological polar surface area (TPSA) is 50.2 Å². The van der Waals surface area contributed by atoms with E-state index < -0.39 is 5.97 Å². The van der Waals surface area contributed by atoms with E-state index in [2.05, 4.69) is 50.0 Å². The van der Waals surface area contributed by atoms with Gasteiger partial charge in [0.2, 0.25) is 0 Å². The van der Waals surface area contributed by atoms with Crippen molar-refractivity contribution in [2.24, 2.45) is 0 Å². The number of aromatic carboxylic acids is 1. The molecule has 1 N–H and O–H groups in total. The number of aryl methyl sites for hydroxylation is 2. The summed E-state index contributed by atoms with van der Waals surface area (Å²) in [6.07, 6.45) is 0. The number of pyridine rings is 1. The van der Waals surface area contributed by atoms with Gasteiger partial charge in [-0.05, 0) is 36.5 Å². The van der Waals surface area contributed by atoms with Gasteiger partial charge in [0.25, 0.3) is 0 Å². The highest BCUT2D eigenvalue weighted by molar-refractivity contribution is 5.89. The summed E-state index contributed by atoms with van der Waals surface area (Å²) in [5.74, 6) is -0.933. The second-order valence-electron chi connectivity index (χ2n) is 6.42. The molecule has 0 saturated heterocycles. The van der Waals surface area contributed by atoms with Crippen LogP contribution >= 0.6 is 0 Å². The average molecular weight is 283 g/mol. The average Bonchev–Trinajstić information content (AvgIpc) is 2.40. The van der Waals surface area contributed by atoms with Crippen LogP contribution in [0.5, 0.6) is 0 Å². The van der Waals surface area contributed by atoms with Crippen LogP contribution < -0.4 is 0 Å². The van der Waals surface area contributed by atoms with Crippen LogP contribution in [0.3, 0.4) is 0 Å². The van der Waals surface area contributed by atoms with E-state index in [9.17, 15) is 4.79 Å². The van der Waals surface area contributed by atoms with Crippen LogP contribution in [0, 0.1) is 13.8 Å². The van der Waals surface area contributed by atoms with Crippen LogP contribution in [0.1, 0.15) is 48.0 Å². The van der Waals surface area contributed by atoms with Crippen molar-refractivity contribution < 1.29 is 9.90 Å². The van der Waals surface area contributed by atoms with Gasteiger partial charge in [0.05, 0.1) is 17.0 Å². The lowest BCUT2D eigenvalue weighted by Crippen LogP contribution is -2.10. The summed E-state index contributed by atoms with van der Waals surface area (Å²) in [4.78, 5) is 15.6. The van der Waals surface area contributed by atoms with E-state index in [-0.39, 0.29) is 11.0 Å². The number of carboxylic acids is 1. The standard InChI is InChI=1S/C18H21NO2/c1-11-10-15(17(20)21)12(2)19-16(11)13-6-8-14(9-7-13)18(3,4)5/h6-10H,1-5H3,(H,20,21). The minimum absolute atomic E-state index is 0.115. The Kier molecular flexibility index (Phi) is 3.86. The zero-order valence-corrected chi connectivity index (χ0v) is 13.2. The van der Waals surface area contributed by atoms with Gasteiger partial charge in [0, 0.05) is 5.56 Å². The highest BCUT2D eigenvalue weighted by Gasteiger charge is 2.15. The Morgan fingerprint density at radius 2 is 1.67 bits per heavy atom. The van der Waals surface area contributed by atoms with Gasteiger partial charge < -0.3 is 5.11 Å². The van der Waals surface area contributed by atoms with Crippen LogP contribution in [0.15, 0.2) is 30.3 Å². The van der Waals surface area contributed by atoms with Crippen molar-refractivity contribution in [3.05, 3.63) is 52.7 Å². The molecular formula is C18H21NO2. The normalized spacial score (nSPS) is 11.5. The second-order valence-corrected chi connectivity index (χ2v) is 6.42. The van der Waals surface area contributed by atoms with E-state index in [1.54, 1.807) is 13.0 Å². The Bertz CT molecular complexity index is 680. The van der Waals surface area contributed by atoms with Gasteiger partial charge in [0.1, 0.15) is 0 Å². The molecule has 21 heavy (non-hydrogen) atoms. The molecule has 0 fully saturated rings. The quantitative estimate of drug-likeness (QED) is 0.890. The van der Waals surface area contributed by atoms with E-state index >= 15 is 0 Å². The van der Waals surface area contributed by atoms with E-state index in [0.29, 0.717) is 5.69 Å². The fraction of sp³-hybridized carbons (Fsp3) is 0.333. The second kappa shape index (κ2) is 5.32. The van der Waals surface area contributed by atoms with Crippen LogP contribution in [0.4, 0.5) is 0 Å². The van der Waals surface area contributed by atoms with Crippen LogP contribution in [0.25, 0.3) is 11.3 Å². The molecule has 1 aromatic carbocycles. The van der Waals surface area contributed by atoms with Gasteiger partial charge in [-0.1, -0.05) is 45.0 Å². The van der Waals surface area contributed by atoms with Crippen molar-refractivity contribution in [2.75, 3.05) is 0 Å². The first-order valence-corrected chi connectivity index (χ1v) is 7.02. The fourth-order valence-corrected chi connectivity index (χ4v) is 2.34. The minimum Gasteiger partial charge on any atom is -0.478 e. The summed E-state index contributed by atoms with van der Waals surface area (Å²) in [5, 5.41) is 9.14. The molecule has 0 bridgehead atoms.